The first kappa shape index (κ1) is 14.3. The number of phenolic OH excluding ortho intramolecular Hbond substituents is 1. The lowest BCUT2D eigenvalue weighted by atomic mass is 10.1. The van der Waals surface area contributed by atoms with Gasteiger partial charge in [-0.25, -0.2) is 5.43 Å². The Labute approximate surface area is 120 Å². The van der Waals surface area contributed by atoms with Gasteiger partial charge in [-0.15, -0.1) is 11.7 Å². The molecule has 0 saturated heterocycles. The number of hydrazone groups is 1. The number of aromatic hydroxyl groups is 1. The first-order chi connectivity index (χ1) is 10.1. The molecule has 1 heterocycles. The average molecular weight is 286 g/mol. The maximum absolute atomic E-state index is 11.6. The topological polar surface area (TPSA) is 129 Å². The molecule has 0 fully saturated rings. The highest BCUT2D eigenvalue weighted by molar-refractivity contribution is 5.92. The Hall–Kier alpha value is -3.16. The lowest BCUT2D eigenvalue weighted by Crippen LogP contribution is -2.19. The maximum atomic E-state index is 11.6. The monoisotopic (exact) mass is 286 g/mol. The molecule has 0 aliphatic heterocycles. The fourth-order valence-electron chi connectivity index (χ4n) is 1.63. The van der Waals surface area contributed by atoms with Gasteiger partial charge in [-0.05, 0) is 18.1 Å². The number of benzene rings is 1. The van der Waals surface area contributed by atoms with E-state index < -0.39 is 5.91 Å². The second-order valence-corrected chi connectivity index (χ2v) is 4.09. The van der Waals surface area contributed by atoms with Crippen LogP contribution in [0.1, 0.15) is 21.7 Å². The highest BCUT2D eigenvalue weighted by Gasteiger charge is 2.09. The molecular weight excluding hydrogens is 272 g/mol. The molecule has 0 aliphatic rings. The van der Waals surface area contributed by atoms with Crippen LogP contribution in [0.2, 0.25) is 0 Å². The lowest BCUT2D eigenvalue weighted by Gasteiger charge is -2.04. The first-order valence-electron chi connectivity index (χ1n) is 6.05. The SMILES string of the molecule is C=CCc1cccc(C=NNC(=O)c2nc(N)n[nH]2)c1O. The number of amides is 1. The molecule has 1 aromatic carbocycles. The van der Waals surface area contributed by atoms with Gasteiger partial charge in [-0.2, -0.15) is 10.1 Å². The zero-order valence-electron chi connectivity index (χ0n) is 11.1. The summed E-state index contributed by atoms with van der Waals surface area (Å²) in [6.45, 7) is 3.62. The highest BCUT2D eigenvalue weighted by atomic mass is 16.3. The van der Waals surface area contributed by atoms with Gasteiger partial charge in [0.05, 0.1) is 6.21 Å². The van der Waals surface area contributed by atoms with Crippen LogP contribution in [0.3, 0.4) is 0 Å². The number of nitrogen functional groups attached to an aromatic ring is 1. The molecule has 0 saturated carbocycles. The third kappa shape index (κ3) is 3.44. The van der Waals surface area contributed by atoms with Gasteiger partial charge in [-0.1, -0.05) is 18.2 Å². The quantitative estimate of drug-likeness (QED) is 0.363. The van der Waals surface area contributed by atoms with E-state index in [-0.39, 0.29) is 17.5 Å². The van der Waals surface area contributed by atoms with Crippen LogP contribution in [0, 0.1) is 0 Å². The fourth-order valence-corrected chi connectivity index (χ4v) is 1.63. The standard InChI is InChI=1S/C13H14N6O2/c1-2-4-8-5-3-6-9(10(8)20)7-15-18-12(21)11-16-13(14)19-17-11/h2-3,5-7,20H,1,4H2,(H,18,21)(H3,14,16,17,19). The number of hydrogen-bond donors (Lipinski definition) is 4. The molecule has 0 bridgehead atoms. The summed E-state index contributed by atoms with van der Waals surface area (Å²) in [7, 11) is 0. The van der Waals surface area contributed by atoms with Crippen LogP contribution in [0.25, 0.3) is 0 Å². The largest absolute Gasteiger partial charge is 0.507 e. The number of nitrogens with one attached hydrogen (secondary N) is 2. The molecule has 0 spiro atoms. The van der Waals surface area contributed by atoms with Crippen LogP contribution in [-0.4, -0.2) is 32.4 Å². The predicted octanol–water partition coefficient (Wildman–Crippen LogP) is 0.585. The molecule has 2 aromatic rings. The molecule has 1 aromatic heterocycles. The number of anilines is 1. The number of nitrogens with two attached hydrogens (primary N) is 1. The second-order valence-electron chi connectivity index (χ2n) is 4.09. The Bertz CT molecular complexity index is 692. The van der Waals surface area contributed by atoms with Crippen LogP contribution < -0.4 is 11.2 Å². The molecule has 0 aliphatic carbocycles. The minimum atomic E-state index is -0.586. The summed E-state index contributed by atoms with van der Waals surface area (Å²) >= 11 is 0. The summed E-state index contributed by atoms with van der Waals surface area (Å²) in [5.74, 6) is -0.565. The molecule has 0 radical (unpaired) electrons. The van der Waals surface area contributed by atoms with Crippen molar-refractivity contribution < 1.29 is 9.90 Å². The van der Waals surface area contributed by atoms with Crippen molar-refractivity contribution in [1.82, 2.24) is 20.6 Å². The van der Waals surface area contributed by atoms with Gasteiger partial charge in [-0.3, -0.25) is 9.89 Å². The Kier molecular flexibility index (Phi) is 4.30. The third-order valence-corrected chi connectivity index (χ3v) is 2.60. The van der Waals surface area contributed by atoms with E-state index in [1.807, 2.05) is 0 Å². The number of allylic oxidation sites excluding steroid dienone is 1. The number of para-hydroxylation sites is 1. The van der Waals surface area contributed by atoms with Crippen molar-refractivity contribution in [1.29, 1.82) is 0 Å². The van der Waals surface area contributed by atoms with Crippen molar-refractivity contribution in [2.75, 3.05) is 5.73 Å². The van der Waals surface area contributed by atoms with E-state index in [1.54, 1.807) is 24.3 Å². The van der Waals surface area contributed by atoms with Gasteiger partial charge in [0.15, 0.2) is 0 Å². The van der Waals surface area contributed by atoms with Crippen molar-refractivity contribution in [3.05, 3.63) is 47.8 Å². The Balaban J connectivity index is 2.06. The summed E-state index contributed by atoms with van der Waals surface area (Å²) in [5, 5.41) is 19.6. The van der Waals surface area contributed by atoms with E-state index in [4.69, 9.17) is 5.73 Å². The van der Waals surface area contributed by atoms with Crippen molar-refractivity contribution in [2.45, 2.75) is 6.42 Å². The van der Waals surface area contributed by atoms with E-state index in [2.05, 4.69) is 32.3 Å². The molecule has 2 rings (SSSR count). The molecule has 8 heteroatoms. The van der Waals surface area contributed by atoms with Gasteiger partial charge >= 0.3 is 5.91 Å². The zero-order chi connectivity index (χ0) is 15.2. The van der Waals surface area contributed by atoms with E-state index in [0.29, 0.717) is 12.0 Å². The second kappa shape index (κ2) is 6.33. The van der Waals surface area contributed by atoms with E-state index >= 15 is 0 Å². The number of H-pyrrole nitrogens is 1. The fraction of sp³-hybridized carbons (Fsp3) is 0.0769. The Morgan fingerprint density at radius 3 is 3.05 bits per heavy atom. The van der Waals surface area contributed by atoms with Gasteiger partial charge < -0.3 is 10.8 Å². The summed E-state index contributed by atoms with van der Waals surface area (Å²) in [5.41, 5.74) is 8.74. The van der Waals surface area contributed by atoms with Crippen LogP contribution >= 0.6 is 0 Å². The van der Waals surface area contributed by atoms with Crippen LogP contribution in [-0.2, 0) is 6.42 Å². The number of aromatic nitrogens is 3. The van der Waals surface area contributed by atoms with Crippen molar-refractivity contribution in [3.63, 3.8) is 0 Å². The van der Waals surface area contributed by atoms with Gasteiger partial charge in [0.1, 0.15) is 5.75 Å². The number of aromatic amines is 1. The minimum absolute atomic E-state index is 0.0288. The van der Waals surface area contributed by atoms with Crippen LogP contribution in [0.5, 0.6) is 5.75 Å². The maximum Gasteiger partial charge on any atom is 0.308 e. The van der Waals surface area contributed by atoms with E-state index in [9.17, 15) is 9.90 Å². The summed E-state index contributed by atoms with van der Waals surface area (Å²) in [4.78, 5) is 15.3. The molecule has 5 N–H and O–H groups in total. The van der Waals surface area contributed by atoms with E-state index in [1.165, 1.54) is 6.21 Å². The summed E-state index contributed by atoms with van der Waals surface area (Å²) in [6.07, 6.45) is 3.56. The van der Waals surface area contributed by atoms with E-state index in [0.717, 1.165) is 5.56 Å². The molecule has 1 amide bonds. The first-order valence-corrected chi connectivity index (χ1v) is 6.05. The lowest BCUT2D eigenvalue weighted by molar-refractivity contribution is 0.0945. The van der Waals surface area contributed by atoms with Gasteiger partial charge in [0, 0.05) is 5.56 Å². The molecule has 21 heavy (non-hydrogen) atoms. The summed E-state index contributed by atoms with van der Waals surface area (Å²) < 4.78 is 0. The number of hydrogen-bond acceptors (Lipinski definition) is 6. The number of carbonyl (C=O) groups excluding carboxylic acids is 1. The van der Waals surface area contributed by atoms with Crippen molar-refractivity contribution in [3.8, 4) is 5.75 Å². The number of carbonyl (C=O) groups is 1. The number of phenols is 1. The molecule has 8 nitrogen and oxygen atoms in total. The molecule has 108 valence electrons. The number of nitrogens with zero attached hydrogens (tertiary/aromatic N) is 3. The minimum Gasteiger partial charge on any atom is -0.507 e. The van der Waals surface area contributed by atoms with Crippen LogP contribution in [0.15, 0.2) is 36.0 Å². The smallest absolute Gasteiger partial charge is 0.308 e. The molecule has 0 atom stereocenters. The van der Waals surface area contributed by atoms with Crippen molar-refractivity contribution >= 4 is 18.1 Å². The van der Waals surface area contributed by atoms with Crippen molar-refractivity contribution in [2.24, 2.45) is 5.10 Å². The number of rotatable bonds is 5. The Morgan fingerprint density at radius 2 is 2.38 bits per heavy atom. The summed E-state index contributed by atoms with van der Waals surface area (Å²) in [6, 6.07) is 5.23. The molecule has 0 unspecified atom stereocenters. The zero-order valence-corrected chi connectivity index (χ0v) is 11.1. The third-order valence-electron chi connectivity index (χ3n) is 2.60. The van der Waals surface area contributed by atoms with Gasteiger partial charge in [0.2, 0.25) is 11.8 Å². The average Bonchev–Trinajstić information content (AvgIpc) is 2.89. The normalized spacial score (nSPS) is 10.7. The van der Waals surface area contributed by atoms with Crippen LogP contribution in [0.4, 0.5) is 5.95 Å². The Morgan fingerprint density at radius 1 is 1.57 bits per heavy atom. The predicted molar refractivity (Wildman–Crippen MR) is 77.9 cm³/mol. The molecular formula is C13H14N6O2. The highest BCUT2D eigenvalue weighted by Crippen LogP contribution is 2.21. The van der Waals surface area contributed by atoms with Gasteiger partial charge in [0.25, 0.3) is 0 Å².